The number of benzene rings is 3. The molecule has 1 unspecified atom stereocenters. The smallest absolute Gasteiger partial charge is 0.263 e. The summed E-state index contributed by atoms with van der Waals surface area (Å²) in [5.74, 6) is 4.40. The maximum atomic E-state index is 12.5. The van der Waals surface area contributed by atoms with Gasteiger partial charge in [-0.15, -0.1) is 49.3 Å². The number of anilines is 3. The van der Waals surface area contributed by atoms with Crippen molar-refractivity contribution in [2.45, 2.75) is 45.3 Å². The Morgan fingerprint density at radius 3 is 1.70 bits per heavy atom. The number of nitrogens with one attached hydrogen (secondary N) is 3. The van der Waals surface area contributed by atoms with Crippen LogP contribution >= 0.6 is 34.0 Å². The molecule has 1 aliphatic rings. The third kappa shape index (κ3) is 10.9. The van der Waals surface area contributed by atoms with Crippen LogP contribution in [0.15, 0.2) is 96.2 Å². The first kappa shape index (κ1) is 48.7. The minimum Gasteiger partial charge on any atom is -0.454 e. The fraction of sp³-hybridized carbons (Fsp3) is 0.167. The number of nitrogens with two attached hydrogens (primary N) is 3. The van der Waals surface area contributed by atoms with E-state index in [0.717, 1.165) is 44.1 Å². The zero-order valence-corrected chi connectivity index (χ0v) is 41.5. The fourth-order valence-electron chi connectivity index (χ4n) is 7.05. The van der Waals surface area contributed by atoms with Crippen LogP contribution in [0.2, 0.25) is 0 Å². The van der Waals surface area contributed by atoms with Crippen molar-refractivity contribution in [2.75, 3.05) is 30.2 Å². The molecule has 358 valence electrons. The van der Waals surface area contributed by atoms with Crippen molar-refractivity contribution in [1.29, 1.82) is 0 Å². The first-order valence-corrected chi connectivity index (χ1v) is 25.8. The van der Waals surface area contributed by atoms with Gasteiger partial charge < -0.3 is 42.6 Å². The Hall–Kier alpha value is -7.79. The van der Waals surface area contributed by atoms with Gasteiger partial charge >= 0.3 is 0 Å². The summed E-state index contributed by atoms with van der Waals surface area (Å²) in [4.78, 5) is 41.2. The number of nitrogen functional groups attached to an aromatic ring is 3. The van der Waals surface area contributed by atoms with Crippen LogP contribution in [0.25, 0.3) is 30.6 Å². The van der Waals surface area contributed by atoms with E-state index in [2.05, 4.69) is 52.4 Å². The molecular weight excluding hydrogens is 969 g/mol. The van der Waals surface area contributed by atoms with E-state index < -0.39 is 9.52 Å². The van der Waals surface area contributed by atoms with Gasteiger partial charge in [0.25, 0.3) is 17.7 Å². The molecule has 0 bridgehead atoms. The van der Waals surface area contributed by atoms with E-state index in [1.165, 1.54) is 39.6 Å². The molecule has 6 aromatic heterocycles. The molecule has 1 atom stereocenters. The normalized spacial score (nSPS) is 12.3. The summed E-state index contributed by atoms with van der Waals surface area (Å²) >= 11 is 3.73. The van der Waals surface area contributed by atoms with Crippen LogP contribution in [0.5, 0.6) is 11.5 Å². The summed E-state index contributed by atoms with van der Waals surface area (Å²) in [6, 6.07) is 24.3. The summed E-state index contributed by atoms with van der Waals surface area (Å²) in [5.41, 5.74) is 25.4. The second kappa shape index (κ2) is 20.8. The highest BCUT2D eigenvalue weighted by molar-refractivity contribution is 7.99. The van der Waals surface area contributed by atoms with Crippen molar-refractivity contribution in [3.63, 3.8) is 0 Å². The lowest BCUT2D eigenvalue weighted by Gasteiger charge is -2.07. The van der Waals surface area contributed by atoms with Gasteiger partial charge in [-0.25, -0.2) is 0 Å². The number of carbonyl (C=O) groups is 3. The summed E-state index contributed by atoms with van der Waals surface area (Å²) in [5, 5.41) is 34.7. The van der Waals surface area contributed by atoms with E-state index in [9.17, 15) is 18.6 Å². The summed E-state index contributed by atoms with van der Waals surface area (Å²) < 4.78 is 22.5. The van der Waals surface area contributed by atoms with Crippen LogP contribution in [0.4, 0.5) is 17.1 Å². The van der Waals surface area contributed by atoms with Gasteiger partial charge in [0.2, 0.25) is 6.79 Å². The lowest BCUT2D eigenvalue weighted by molar-refractivity contribution is 0.0947. The second-order valence-electron chi connectivity index (χ2n) is 16.0. The highest BCUT2D eigenvalue weighted by Crippen LogP contribution is 2.36. The number of amides is 3. The molecule has 0 saturated heterocycles. The monoisotopic (exact) mass is 1010 g/mol. The first-order chi connectivity index (χ1) is 33.5. The van der Waals surface area contributed by atoms with E-state index in [1.54, 1.807) is 42.9 Å². The Morgan fingerprint density at radius 2 is 1.14 bits per heavy atom. The zero-order chi connectivity index (χ0) is 49.7. The molecule has 0 fully saturated rings. The van der Waals surface area contributed by atoms with Crippen molar-refractivity contribution in [2.24, 2.45) is 0 Å². The Kier molecular flexibility index (Phi) is 14.5. The molecule has 1 aliphatic heterocycles. The Morgan fingerprint density at radius 1 is 0.629 bits per heavy atom. The third-order valence-electron chi connectivity index (χ3n) is 10.9. The number of thiophene rings is 3. The highest BCUT2D eigenvalue weighted by atomic mass is 32.2. The van der Waals surface area contributed by atoms with Crippen molar-refractivity contribution in [3.8, 4) is 11.5 Å². The van der Waals surface area contributed by atoms with Crippen molar-refractivity contribution < 1.29 is 28.1 Å². The predicted molar refractivity (Wildman–Crippen MR) is 278 cm³/mol. The van der Waals surface area contributed by atoms with Gasteiger partial charge in [0.15, 0.2) is 11.5 Å². The molecule has 7 heterocycles. The number of ether oxygens (including phenoxy) is 2. The van der Waals surface area contributed by atoms with Crippen molar-refractivity contribution in [3.05, 3.63) is 139 Å². The van der Waals surface area contributed by atoms with Gasteiger partial charge in [0.1, 0.15) is 29.1 Å². The molecule has 0 saturated carbocycles. The van der Waals surface area contributed by atoms with Crippen LogP contribution in [0, 0.1) is 20.8 Å². The van der Waals surface area contributed by atoms with E-state index in [0.29, 0.717) is 82.2 Å². The standard InChI is InChI=1S/C18H20N4O2S2.C15H12N4O3S.C15H14N4OS/c1-10-11(2)21-22-18-14(10)15(19)16(25-18)17(23)20-9-12-5-7-13(8-6-12)26(3,4)24;16-12-9-3-4-18-19-15(9)23-13(12)14(20)17-6-8-1-2-10-11(5-8)22-7-21-10;1-9-3-2-4-10(7-9)8-17-14(20)13-12(16)11-5-6-18-19-15(11)21-13/h5-8H,3,9,19H2,1-2,4H3,(H,20,23);1-5H,6-7,16H2,(H,17,20);2-7H,8,16H2,1H3,(H,17,20). The molecule has 22 heteroatoms. The van der Waals surface area contributed by atoms with Gasteiger partial charge in [-0.2, -0.15) is 15.3 Å². The molecule has 10 rings (SSSR count). The van der Waals surface area contributed by atoms with Gasteiger partial charge in [-0.05, 0) is 94.8 Å². The summed E-state index contributed by atoms with van der Waals surface area (Å²) in [7, 11) is -2.24. The number of aromatic nitrogens is 6. The molecule has 0 radical (unpaired) electrons. The lowest BCUT2D eigenvalue weighted by Crippen LogP contribution is -2.22. The number of carbonyl (C=O) groups excluding carboxylic acids is 3. The number of hydrogen-bond acceptors (Lipinski definition) is 18. The van der Waals surface area contributed by atoms with Crippen LogP contribution in [0.1, 0.15) is 62.5 Å². The Balaban J connectivity index is 0.000000142. The van der Waals surface area contributed by atoms with Crippen molar-refractivity contribution in [1.82, 2.24) is 46.5 Å². The van der Waals surface area contributed by atoms with Gasteiger partial charge in [0, 0.05) is 46.9 Å². The van der Waals surface area contributed by atoms with Crippen LogP contribution in [-0.4, -0.2) is 71.4 Å². The molecule has 3 aromatic carbocycles. The molecule has 0 spiro atoms. The third-order valence-corrected chi connectivity index (χ3v) is 15.5. The van der Waals surface area contributed by atoms with E-state index in [1.807, 2.05) is 75.4 Å². The molecule has 9 N–H and O–H groups in total. The minimum absolute atomic E-state index is 0.183. The molecule has 9 aromatic rings. The fourth-order valence-corrected chi connectivity index (χ4v) is 10.7. The topological polar surface area (TPSA) is 278 Å². The number of rotatable bonds is 10. The average molecular weight is 1020 g/mol. The summed E-state index contributed by atoms with van der Waals surface area (Å²) in [6.45, 7) is 7.22. The maximum Gasteiger partial charge on any atom is 0.263 e. The average Bonchev–Trinajstić information content (AvgIpc) is 4.14. The van der Waals surface area contributed by atoms with Gasteiger partial charge in [-0.3, -0.25) is 18.6 Å². The lowest BCUT2D eigenvalue weighted by atomic mass is 10.1. The van der Waals surface area contributed by atoms with Gasteiger partial charge in [-0.1, -0.05) is 48.0 Å². The Bertz CT molecular complexity index is 3560. The van der Waals surface area contributed by atoms with Crippen LogP contribution < -0.4 is 42.6 Å². The predicted octanol–water partition coefficient (Wildman–Crippen LogP) is 6.97. The molecule has 70 heavy (non-hydrogen) atoms. The second-order valence-corrected chi connectivity index (χ2v) is 21.5. The molecule has 18 nitrogen and oxygen atoms in total. The van der Waals surface area contributed by atoms with Gasteiger partial charge in [0.05, 0.1) is 35.1 Å². The number of fused-ring (bicyclic) bond motifs is 4. The Labute approximate surface area is 413 Å². The highest BCUT2D eigenvalue weighted by Gasteiger charge is 2.21. The van der Waals surface area contributed by atoms with E-state index in [-0.39, 0.29) is 24.5 Å². The number of hydrogen-bond donors (Lipinski definition) is 6. The van der Waals surface area contributed by atoms with Crippen LogP contribution in [0.3, 0.4) is 0 Å². The maximum absolute atomic E-state index is 12.5. The molecule has 0 aliphatic carbocycles. The zero-order valence-electron chi connectivity index (χ0n) is 38.2. The SMILES string of the molecule is C=S(C)(=O)c1ccc(CNC(=O)c2sc3nnc(C)c(C)c3c2N)cc1.Cc1cccc(CNC(=O)c2sc3nnccc3c2N)c1.Nc1c(C(=O)NCc2ccc3c(c2)OCO3)sc2nnccc12. The number of aryl methyl sites for hydroxylation is 3. The molecular formula is C48H46N12O6S4. The largest absolute Gasteiger partial charge is 0.454 e. The van der Waals surface area contributed by atoms with E-state index in [4.69, 9.17) is 26.7 Å². The molecule has 3 amide bonds. The quantitative estimate of drug-likeness (QED) is 0.0755. The first-order valence-electron chi connectivity index (χ1n) is 21.3. The van der Waals surface area contributed by atoms with E-state index >= 15 is 0 Å². The number of nitrogens with zero attached hydrogens (tertiary/aromatic N) is 6. The van der Waals surface area contributed by atoms with Crippen molar-refractivity contribution >= 4 is 115 Å². The minimum atomic E-state index is -2.24. The van der Waals surface area contributed by atoms with Crippen LogP contribution in [-0.2, 0) is 29.2 Å². The summed E-state index contributed by atoms with van der Waals surface area (Å²) in [6.07, 6.45) is 4.72.